The Morgan fingerprint density at radius 3 is 2.20 bits per heavy atom. The Morgan fingerprint density at radius 2 is 1.73 bits per heavy atom. The smallest absolute Gasteiger partial charge is 0.341 e. The molecule has 0 N–H and O–H groups in total. The van der Waals surface area contributed by atoms with Crippen LogP contribution >= 0.6 is 22.6 Å². The van der Waals surface area contributed by atoms with E-state index in [-0.39, 0.29) is 0 Å². The number of methoxy groups -OCH3 is 3. The average Bonchev–Trinajstić information content (AvgIpc) is 2.27. The van der Waals surface area contributed by atoms with Crippen LogP contribution in [0.4, 0.5) is 0 Å². The van der Waals surface area contributed by atoms with Crippen LogP contribution in [0.25, 0.3) is 0 Å². The van der Waals surface area contributed by atoms with Crippen LogP contribution in [-0.2, 0) is 4.74 Å². The first-order chi connectivity index (χ1) is 7.15. The predicted octanol–water partition coefficient (Wildman–Crippen LogP) is 2.10. The predicted molar refractivity (Wildman–Crippen MR) is 63.6 cm³/mol. The zero-order valence-corrected chi connectivity index (χ0v) is 10.8. The second-order valence-electron chi connectivity index (χ2n) is 2.65. The van der Waals surface area contributed by atoms with Crippen molar-refractivity contribution in [2.24, 2.45) is 0 Å². The lowest BCUT2D eigenvalue weighted by Gasteiger charge is -2.12. The molecule has 0 heterocycles. The Balaban J connectivity index is 3.35. The highest BCUT2D eigenvalue weighted by Gasteiger charge is 2.19. The van der Waals surface area contributed by atoms with Crippen molar-refractivity contribution in [3.05, 3.63) is 21.3 Å². The first kappa shape index (κ1) is 12.1. The molecule has 0 spiro atoms. The van der Waals surface area contributed by atoms with Crippen LogP contribution in [0, 0.1) is 3.57 Å². The van der Waals surface area contributed by atoms with E-state index in [2.05, 4.69) is 27.3 Å². The summed E-state index contributed by atoms with van der Waals surface area (Å²) < 4.78 is 15.8. The summed E-state index contributed by atoms with van der Waals surface area (Å²) in [5, 5.41) is 0. The lowest BCUT2D eigenvalue weighted by atomic mass is 10.2. The average molecular weight is 322 g/mol. The van der Waals surface area contributed by atoms with Gasteiger partial charge in [-0.3, -0.25) is 0 Å². The lowest BCUT2D eigenvalue weighted by Crippen LogP contribution is -2.06. The SMILES string of the molecule is COC(=O)c1ccc(I)c(OC)c1OC. The van der Waals surface area contributed by atoms with E-state index in [1.54, 1.807) is 12.1 Å². The summed E-state index contributed by atoms with van der Waals surface area (Å²) in [4.78, 5) is 11.4. The Labute approximate surface area is 102 Å². The topological polar surface area (TPSA) is 44.8 Å². The molecule has 0 unspecified atom stereocenters. The summed E-state index contributed by atoms with van der Waals surface area (Å²) in [6, 6.07) is 3.42. The Kier molecular flexibility index (Phi) is 4.19. The molecule has 0 aliphatic heterocycles. The molecule has 0 saturated heterocycles. The van der Waals surface area contributed by atoms with Crippen molar-refractivity contribution in [3.63, 3.8) is 0 Å². The molecular formula is C10H11IO4. The van der Waals surface area contributed by atoms with Gasteiger partial charge in [-0.2, -0.15) is 0 Å². The molecule has 1 aromatic carbocycles. The van der Waals surface area contributed by atoms with Crippen LogP contribution in [0.2, 0.25) is 0 Å². The monoisotopic (exact) mass is 322 g/mol. The van der Waals surface area contributed by atoms with E-state index in [9.17, 15) is 4.79 Å². The molecule has 0 aliphatic carbocycles. The highest BCUT2D eigenvalue weighted by molar-refractivity contribution is 14.1. The highest BCUT2D eigenvalue weighted by Crippen LogP contribution is 2.35. The summed E-state index contributed by atoms with van der Waals surface area (Å²) in [5.41, 5.74) is 0.359. The summed E-state index contributed by atoms with van der Waals surface area (Å²) in [6.07, 6.45) is 0. The van der Waals surface area contributed by atoms with Crippen molar-refractivity contribution in [1.82, 2.24) is 0 Å². The zero-order valence-electron chi connectivity index (χ0n) is 8.67. The van der Waals surface area contributed by atoms with Crippen LogP contribution < -0.4 is 9.47 Å². The molecule has 0 saturated carbocycles. The van der Waals surface area contributed by atoms with Gasteiger partial charge in [0.15, 0.2) is 11.5 Å². The first-order valence-electron chi connectivity index (χ1n) is 4.14. The van der Waals surface area contributed by atoms with E-state index in [0.29, 0.717) is 17.1 Å². The molecule has 0 aliphatic rings. The molecule has 0 radical (unpaired) electrons. The number of carbonyl (C=O) groups is 1. The van der Waals surface area contributed by atoms with Gasteiger partial charge in [-0.1, -0.05) is 0 Å². The number of hydrogen-bond donors (Lipinski definition) is 0. The minimum absolute atomic E-state index is 0.359. The summed E-state index contributed by atoms with van der Waals surface area (Å²) in [6.45, 7) is 0. The van der Waals surface area contributed by atoms with Gasteiger partial charge in [0.2, 0.25) is 0 Å². The minimum atomic E-state index is -0.443. The van der Waals surface area contributed by atoms with Gasteiger partial charge in [-0.15, -0.1) is 0 Å². The molecule has 0 aromatic heterocycles. The van der Waals surface area contributed by atoms with E-state index in [1.165, 1.54) is 21.3 Å². The Morgan fingerprint density at radius 1 is 1.13 bits per heavy atom. The van der Waals surface area contributed by atoms with Crippen LogP contribution in [0.15, 0.2) is 12.1 Å². The second kappa shape index (κ2) is 5.20. The van der Waals surface area contributed by atoms with E-state index < -0.39 is 5.97 Å². The zero-order chi connectivity index (χ0) is 11.4. The van der Waals surface area contributed by atoms with Gasteiger partial charge in [0.1, 0.15) is 5.56 Å². The van der Waals surface area contributed by atoms with Gasteiger partial charge in [0.05, 0.1) is 24.9 Å². The third kappa shape index (κ3) is 2.34. The highest BCUT2D eigenvalue weighted by atomic mass is 127. The normalized spacial score (nSPS) is 9.60. The summed E-state index contributed by atoms with van der Waals surface area (Å²) in [5.74, 6) is 0.499. The number of halogens is 1. The number of ether oxygens (including phenoxy) is 3. The van der Waals surface area contributed by atoms with Crippen molar-refractivity contribution in [2.45, 2.75) is 0 Å². The van der Waals surface area contributed by atoms with Gasteiger partial charge in [0.25, 0.3) is 0 Å². The first-order valence-corrected chi connectivity index (χ1v) is 5.22. The van der Waals surface area contributed by atoms with Crippen LogP contribution in [0.5, 0.6) is 11.5 Å². The van der Waals surface area contributed by atoms with Crippen LogP contribution in [0.3, 0.4) is 0 Å². The number of carbonyl (C=O) groups excluding carboxylic acids is 1. The molecule has 0 atom stereocenters. The van der Waals surface area contributed by atoms with Crippen molar-refractivity contribution in [2.75, 3.05) is 21.3 Å². The number of hydrogen-bond acceptors (Lipinski definition) is 4. The number of rotatable bonds is 3. The molecule has 5 heteroatoms. The molecule has 4 nitrogen and oxygen atoms in total. The lowest BCUT2D eigenvalue weighted by molar-refractivity contribution is 0.0596. The molecule has 0 bridgehead atoms. The van der Waals surface area contributed by atoms with Gasteiger partial charge in [-0.05, 0) is 34.7 Å². The van der Waals surface area contributed by atoms with Crippen molar-refractivity contribution >= 4 is 28.6 Å². The molecule has 1 rings (SSSR count). The molecule has 0 fully saturated rings. The van der Waals surface area contributed by atoms with Gasteiger partial charge >= 0.3 is 5.97 Å². The summed E-state index contributed by atoms with van der Waals surface area (Å²) in [7, 11) is 4.34. The van der Waals surface area contributed by atoms with E-state index in [0.717, 1.165) is 3.57 Å². The van der Waals surface area contributed by atoms with Crippen LogP contribution in [-0.4, -0.2) is 27.3 Å². The molecule has 15 heavy (non-hydrogen) atoms. The molecule has 1 aromatic rings. The maximum atomic E-state index is 11.4. The molecule has 0 amide bonds. The van der Waals surface area contributed by atoms with Gasteiger partial charge in [0, 0.05) is 0 Å². The Bertz CT molecular complexity index is 376. The van der Waals surface area contributed by atoms with E-state index in [1.807, 2.05) is 0 Å². The fraction of sp³-hybridized carbons (Fsp3) is 0.300. The largest absolute Gasteiger partial charge is 0.492 e. The van der Waals surface area contributed by atoms with E-state index in [4.69, 9.17) is 9.47 Å². The summed E-state index contributed by atoms with van der Waals surface area (Å²) >= 11 is 2.10. The molecular weight excluding hydrogens is 311 g/mol. The number of esters is 1. The Hall–Kier alpha value is -0.980. The van der Waals surface area contributed by atoms with Crippen LogP contribution in [0.1, 0.15) is 10.4 Å². The second-order valence-corrected chi connectivity index (χ2v) is 3.82. The van der Waals surface area contributed by atoms with Crippen molar-refractivity contribution in [1.29, 1.82) is 0 Å². The van der Waals surface area contributed by atoms with E-state index >= 15 is 0 Å². The van der Waals surface area contributed by atoms with Gasteiger partial charge < -0.3 is 14.2 Å². The standard InChI is InChI=1S/C10H11IO4/c1-13-8-6(10(12)15-3)4-5-7(11)9(8)14-2/h4-5H,1-3H3. The third-order valence-electron chi connectivity index (χ3n) is 1.88. The fourth-order valence-electron chi connectivity index (χ4n) is 1.20. The quantitative estimate of drug-likeness (QED) is 0.631. The maximum absolute atomic E-state index is 11.4. The third-order valence-corrected chi connectivity index (χ3v) is 2.73. The number of benzene rings is 1. The molecule has 82 valence electrons. The van der Waals surface area contributed by atoms with Gasteiger partial charge in [-0.25, -0.2) is 4.79 Å². The fourth-order valence-corrected chi connectivity index (χ4v) is 1.85. The maximum Gasteiger partial charge on any atom is 0.341 e. The van der Waals surface area contributed by atoms with Crippen molar-refractivity contribution < 1.29 is 19.0 Å². The minimum Gasteiger partial charge on any atom is -0.492 e. The van der Waals surface area contributed by atoms with Crippen molar-refractivity contribution in [3.8, 4) is 11.5 Å².